The van der Waals surface area contributed by atoms with Crippen molar-refractivity contribution in [3.8, 4) is 0 Å². The molecule has 142 valence electrons. The van der Waals surface area contributed by atoms with Gasteiger partial charge >= 0.3 is 19.9 Å². The summed E-state index contributed by atoms with van der Waals surface area (Å²) in [7, 11) is -5.30. The molecule has 10 heteroatoms. The standard InChI is InChI=1S/C15H21F3NO5P/c1-4-11(2)24-25(21,22)14(3,15(16,17)18)19-13(20)23-10-12-8-6-5-7-9-12/h5-9,11H,4,10H2,1-3H3,(H,19,20)(H,21,22). The minimum Gasteiger partial charge on any atom is -0.445 e. The molecule has 0 heterocycles. The second-order valence-electron chi connectivity index (χ2n) is 5.60. The Morgan fingerprint density at radius 1 is 1.32 bits per heavy atom. The molecule has 6 nitrogen and oxygen atoms in total. The van der Waals surface area contributed by atoms with Crippen LogP contribution in [0.15, 0.2) is 30.3 Å². The normalized spacial score (nSPS) is 17.9. The van der Waals surface area contributed by atoms with Gasteiger partial charge in [-0.05, 0) is 25.8 Å². The molecule has 1 aromatic rings. The highest BCUT2D eigenvalue weighted by Crippen LogP contribution is 2.61. The number of halogens is 3. The average Bonchev–Trinajstić information content (AvgIpc) is 2.52. The van der Waals surface area contributed by atoms with Gasteiger partial charge in [0.2, 0.25) is 5.28 Å². The van der Waals surface area contributed by atoms with Gasteiger partial charge in [-0.1, -0.05) is 37.3 Å². The van der Waals surface area contributed by atoms with E-state index >= 15 is 0 Å². The van der Waals surface area contributed by atoms with E-state index in [1.165, 1.54) is 12.2 Å². The minimum atomic E-state index is -5.30. The molecule has 0 saturated heterocycles. The average molecular weight is 383 g/mol. The lowest BCUT2D eigenvalue weighted by atomic mass is 10.2. The third-order valence-corrected chi connectivity index (χ3v) is 5.71. The van der Waals surface area contributed by atoms with E-state index < -0.39 is 31.2 Å². The van der Waals surface area contributed by atoms with E-state index in [0.717, 1.165) is 0 Å². The van der Waals surface area contributed by atoms with Crippen molar-refractivity contribution in [2.24, 2.45) is 0 Å². The smallest absolute Gasteiger partial charge is 0.423 e. The Kier molecular flexibility index (Phi) is 7.05. The number of benzene rings is 1. The van der Waals surface area contributed by atoms with Gasteiger partial charge in [-0.2, -0.15) is 13.2 Å². The molecule has 0 aliphatic heterocycles. The lowest BCUT2D eigenvalue weighted by molar-refractivity contribution is -0.169. The van der Waals surface area contributed by atoms with Gasteiger partial charge in [-0.3, -0.25) is 9.88 Å². The number of hydrogen-bond acceptors (Lipinski definition) is 4. The third-order valence-electron chi connectivity index (χ3n) is 3.57. The molecule has 0 saturated carbocycles. The maximum absolute atomic E-state index is 13.4. The zero-order chi connectivity index (χ0) is 19.3. The first-order valence-corrected chi connectivity index (χ1v) is 9.07. The van der Waals surface area contributed by atoms with Crippen molar-refractivity contribution in [2.75, 3.05) is 0 Å². The lowest BCUT2D eigenvalue weighted by Crippen LogP contribution is -2.56. The van der Waals surface area contributed by atoms with Gasteiger partial charge in [0, 0.05) is 0 Å². The van der Waals surface area contributed by atoms with E-state index in [4.69, 9.17) is 4.74 Å². The lowest BCUT2D eigenvalue weighted by Gasteiger charge is -2.36. The van der Waals surface area contributed by atoms with Crippen molar-refractivity contribution in [3.63, 3.8) is 0 Å². The second kappa shape index (κ2) is 8.21. The Balaban J connectivity index is 2.91. The topological polar surface area (TPSA) is 84.9 Å². The van der Waals surface area contributed by atoms with Crippen molar-refractivity contribution in [2.45, 2.75) is 51.4 Å². The van der Waals surface area contributed by atoms with E-state index in [-0.39, 0.29) is 13.0 Å². The fourth-order valence-electron chi connectivity index (χ4n) is 1.68. The van der Waals surface area contributed by atoms with Crippen LogP contribution in [0, 0.1) is 0 Å². The van der Waals surface area contributed by atoms with Gasteiger partial charge in [0.15, 0.2) is 0 Å². The van der Waals surface area contributed by atoms with Crippen LogP contribution in [0.5, 0.6) is 0 Å². The number of rotatable bonds is 7. The van der Waals surface area contributed by atoms with E-state index in [1.54, 1.807) is 37.3 Å². The van der Waals surface area contributed by atoms with E-state index in [0.29, 0.717) is 12.5 Å². The number of ether oxygens (including phenoxy) is 1. The Morgan fingerprint density at radius 3 is 2.36 bits per heavy atom. The summed E-state index contributed by atoms with van der Waals surface area (Å²) in [6.45, 7) is 3.03. The molecule has 0 bridgehead atoms. The number of nitrogens with one attached hydrogen (secondary N) is 1. The molecule has 1 rings (SSSR count). The summed E-state index contributed by atoms with van der Waals surface area (Å²) in [4.78, 5) is 21.6. The number of alkyl carbamates (subject to hydrolysis) is 1. The number of hydrogen-bond donors (Lipinski definition) is 2. The Labute approximate surface area is 143 Å². The van der Waals surface area contributed by atoms with Crippen LogP contribution >= 0.6 is 7.60 Å². The predicted octanol–water partition coefficient (Wildman–Crippen LogP) is 4.19. The first kappa shape index (κ1) is 21.5. The molecule has 0 fully saturated rings. The molecule has 0 aliphatic rings. The summed E-state index contributed by atoms with van der Waals surface area (Å²) in [5, 5.41) is -2.05. The molecule has 25 heavy (non-hydrogen) atoms. The molecule has 3 unspecified atom stereocenters. The van der Waals surface area contributed by atoms with Gasteiger partial charge in [-0.25, -0.2) is 4.79 Å². The van der Waals surface area contributed by atoms with E-state index in [9.17, 15) is 27.4 Å². The fourth-order valence-corrected chi connectivity index (χ4v) is 3.08. The number of carbonyl (C=O) groups is 1. The largest absolute Gasteiger partial charge is 0.445 e. The van der Waals surface area contributed by atoms with Crippen molar-refractivity contribution in [3.05, 3.63) is 35.9 Å². The number of carbonyl (C=O) groups excluding carboxylic acids is 1. The highest BCUT2D eigenvalue weighted by molar-refractivity contribution is 7.54. The van der Waals surface area contributed by atoms with Crippen LogP contribution in [0.1, 0.15) is 32.8 Å². The maximum atomic E-state index is 13.4. The van der Waals surface area contributed by atoms with Gasteiger partial charge in [-0.15, -0.1) is 0 Å². The number of alkyl halides is 3. The Bertz CT molecular complexity index is 625. The second-order valence-corrected chi connectivity index (χ2v) is 7.75. The zero-order valence-corrected chi connectivity index (χ0v) is 14.9. The Morgan fingerprint density at radius 2 is 1.88 bits per heavy atom. The van der Waals surface area contributed by atoms with Gasteiger partial charge < -0.3 is 14.2 Å². The third kappa shape index (κ3) is 5.45. The molecule has 0 spiro atoms. The van der Waals surface area contributed by atoms with Crippen molar-refractivity contribution < 1.29 is 36.7 Å². The maximum Gasteiger partial charge on any atom is 0.423 e. The van der Waals surface area contributed by atoms with Crippen LogP contribution in [0.4, 0.5) is 18.0 Å². The monoisotopic (exact) mass is 383 g/mol. The highest BCUT2D eigenvalue weighted by Gasteiger charge is 2.65. The SMILES string of the molecule is CCC(C)OP(=O)(O)C(C)(NC(=O)OCc1ccccc1)C(F)(F)F. The summed E-state index contributed by atoms with van der Waals surface area (Å²) >= 11 is 0. The van der Waals surface area contributed by atoms with Crippen LogP contribution in [0.3, 0.4) is 0 Å². The molecule has 0 aromatic heterocycles. The van der Waals surface area contributed by atoms with Crippen LogP contribution in [0.25, 0.3) is 0 Å². The first-order chi connectivity index (χ1) is 11.4. The molecular weight excluding hydrogens is 362 g/mol. The van der Waals surface area contributed by atoms with Crippen LogP contribution in [0.2, 0.25) is 0 Å². The summed E-state index contributed by atoms with van der Waals surface area (Å²) in [6.07, 6.45) is -7.40. The van der Waals surface area contributed by atoms with Crippen LogP contribution < -0.4 is 5.32 Å². The van der Waals surface area contributed by atoms with Crippen LogP contribution in [-0.4, -0.2) is 28.5 Å². The van der Waals surface area contributed by atoms with Crippen molar-refractivity contribution in [1.82, 2.24) is 5.32 Å². The predicted molar refractivity (Wildman–Crippen MR) is 84.9 cm³/mol. The fraction of sp³-hybridized carbons (Fsp3) is 0.533. The van der Waals surface area contributed by atoms with E-state index in [2.05, 4.69) is 4.52 Å². The molecular formula is C15H21F3NO5P. The van der Waals surface area contributed by atoms with Crippen molar-refractivity contribution >= 4 is 13.7 Å². The molecule has 0 radical (unpaired) electrons. The van der Waals surface area contributed by atoms with Gasteiger partial charge in [0.25, 0.3) is 0 Å². The molecule has 0 aliphatic carbocycles. The summed E-state index contributed by atoms with van der Waals surface area (Å²) < 4.78 is 61.8. The van der Waals surface area contributed by atoms with E-state index in [1.807, 2.05) is 0 Å². The first-order valence-electron chi connectivity index (χ1n) is 7.50. The zero-order valence-electron chi connectivity index (χ0n) is 14.0. The van der Waals surface area contributed by atoms with Gasteiger partial charge in [0.1, 0.15) is 6.61 Å². The molecule has 1 amide bonds. The molecule has 2 N–H and O–H groups in total. The van der Waals surface area contributed by atoms with Crippen LogP contribution in [-0.2, 0) is 20.4 Å². The van der Waals surface area contributed by atoms with Crippen molar-refractivity contribution in [1.29, 1.82) is 0 Å². The van der Waals surface area contributed by atoms with Gasteiger partial charge in [0.05, 0.1) is 6.10 Å². The summed E-state index contributed by atoms with van der Waals surface area (Å²) in [6, 6.07) is 8.27. The highest BCUT2D eigenvalue weighted by atomic mass is 31.2. The summed E-state index contributed by atoms with van der Waals surface area (Å²) in [5.41, 5.74) is 0.550. The minimum absolute atomic E-state index is 0.219. The molecule has 3 atom stereocenters. The Hall–Kier alpha value is -1.57. The summed E-state index contributed by atoms with van der Waals surface area (Å²) in [5.74, 6) is 0. The molecule has 1 aromatic carbocycles. The number of amides is 1. The quantitative estimate of drug-likeness (QED) is 0.690.